The Kier molecular flexibility index (Phi) is 9.25. The van der Waals surface area contributed by atoms with E-state index in [0.717, 1.165) is 60.4 Å². The number of carbonyl (C=O) groups excluding carboxylic acids is 3. The number of rotatable bonds is 6. The third kappa shape index (κ3) is 7.05. The molecule has 5 amide bonds. The third-order valence-electron chi connectivity index (χ3n) is 10.6. The van der Waals surface area contributed by atoms with Crippen LogP contribution in [-0.4, -0.2) is 142 Å². The number of urea groups is 2. The van der Waals surface area contributed by atoms with Crippen LogP contribution in [0.5, 0.6) is 0 Å². The van der Waals surface area contributed by atoms with Gasteiger partial charge in [0, 0.05) is 70.0 Å². The van der Waals surface area contributed by atoms with E-state index in [1.165, 1.54) is 12.8 Å². The average Bonchev–Trinajstić information content (AvgIpc) is 3.50. The summed E-state index contributed by atoms with van der Waals surface area (Å²) in [5, 5.41) is 17.1. The van der Waals surface area contributed by atoms with Crippen molar-refractivity contribution in [1.82, 2.24) is 45.2 Å². The van der Waals surface area contributed by atoms with Gasteiger partial charge in [0.15, 0.2) is 0 Å². The van der Waals surface area contributed by atoms with Crippen molar-refractivity contribution < 1.29 is 14.4 Å². The molecule has 0 spiro atoms. The molecule has 3 aromatic rings. The molecule has 0 radical (unpaired) electrons. The molecular formula is C34H46N10O3. The zero-order valence-electron chi connectivity index (χ0n) is 27.2. The molecule has 2 aromatic carbocycles. The van der Waals surface area contributed by atoms with Gasteiger partial charge in [-0.25, -0.2) is 9.59 Å². The van der Waals surface area contributed by atoms with Gasteiger partial charge in [-0.3, -0.25) is 14.8 Å². The smallest absolute Gasteiger partial charge is 0.322 e. The predicted octanol–water partition coefficient (Wildman–Crippen LogP) is 2.37. The number of fused-ring (bicyclic) bond motifs is 2. The normalized spacial score (nSPS) is 21.3. The number of piperazine rings is 1. The molecule has 4 aliphatic heterocycles. The largest absolute Gasteiger partial charge is 0.338 e. The molecule has 13 nitrogen and oxygen atoms in total. The van der Waals surface area contributed by atoms with Gasteiger partial charge < -0.3 is 30.2 Å². The predicted molar refractivity (Wildman–Crippen MR) is 179 cm³/mol. The van der Waals surface area contributed by atoms with Crippen LogP contribution >= 0.6 is 0 Å². The highest BCUT2D eigenvalue weighted by Crippen LogP contribution is 2.25. The van der Waals surface area contributed by atoms with Crippen LogP contribution < -0.4 is 10.6 Å². The number of hydrogen-bond donors (Lipinski definition) is 3. The zero-order chi connectivity index (χ0) is 32.3. The monoisotopic (exact) mass is 642 g/mol. The molecule has 3 fully saturated rings. The number of aromatic nitrogens is 3. The molecule has 13 heteroatoms. The van der Waals surface area contributed by atoms with Crippen LogP contribution in [0.2, 0.25) is 0 Å². The average molecular weight is 643 g/mol. The van der Waals surface area contributed by atoms with E-state index in [1.807, 2.05) is 46.2 Å². The molecule has 7 rings (SSSR count). The Morgan fingerprint density at radius 2 is 1.64 bits per heavy atom. The molecular weight excluding hydrogens is 596 g/mol. The van der Waals surface area contributed by atoms with Crippen molar-refractivity contribution in [1.29, 1.82) is 0 Å². The lowest BCUT2D eigenvalue weighted by molar-refractivity contribution is -0.135. The van der Waals surface area contributed by atoms with Gasteiger partial charge >= 0.3 is 12.1 Å². The molecule has 0 bridgehead atoms. The minimum Gasteiger partial charge on any atom is -0.338 e. The van der Waals surface area contributed by atoms with Crippen molar-refractivity contribution in [2.75, 3.05) is 71.3 Å². The van der Waals surface area contributed by atoms with Crippen LogP contribution in [0.25, 0.3) is 11.0 Å². The highest BCUT2D eigenvalue weighted by Gasteiger charge is 2.35. The lowest BCUT2D eigenvalue weighted by atomic mass is 10.0. The Hall–Kier alpha value is -4.23. The highest BCUT2D eigenvalue weighted by molar-refractivity contribution is 5.91. The van der Waals surface area contributed by atoms with Gasteiger partial charge in [0.1, 0.15) is 11.6 Å². The first-order chi connectivity index (χ1) is 22.9. The molecule has 5 heterocycles. The van der Waals surface area contributed by atoms with E-state index in [4.69, 9.17) is 0 Å². The van der Waals surface area contributed by atoms with E-state index >= 15 is 0 Å². The highest BCUT2D eigenvalue weighted by atomic mass is 16.2. The topological polar surface area (TPSA) is 133 Å². The summed E-state index contributed by atoms with van der Waals surface area (Å²) in [6.45, 7) is 6.96. The number of H-pyrrole nitrogens is 1. The SMILES string of the molecule is CN1CCC(N2CCN(C(=O)C(Cc3ccc4[nH]nnc4c3)NC(=O)N3CCC(N4CCc5ccccc5NC4=O)CC3)CC2)CC1. The first kappa shape index (κ1) is 31.4. The van der Waals surface area contributed by atoms with Crippen LogP contribution in [0.1, 0.15) is 36.8 Å². The van der Waals surface area contributed by atoms with Gasteiger partial charge in [0.2, 0.25) is 5.91 Å². The number of aromatic amines is 1. The minimum atomic E-state index is -0.700. The van der Waals surface area contributed by atoms with Gasteiger partial charge in [-0.15, -0.1) is 5.10 Å². The fourth-order valence-corrected chi connectivity index (χ4v) is 7.70. The molecule has 250 valence electrons. The molecule has 1 unspecified atom stereocenters. The molecule has 3 N–H and O–H groups in total. The van der Waals surface area contributed by atoms with Crippen molar-refractivity contribution in [2.45, 2.75) is 56.7 Å². The summed E-state index contributed by atoms with van der Waals surface area (Å²) >= 11 is 0. The lowest BCUT2D eigenvalue weighted by Crippen LogP contribution is -2.59. The van der Waals surface area contributed by atoms with Gasteiger partial charge in [-0.1, -0.05) is 29.5 Å². The second-order valence-electron chi connectivity index (χ2n) is 13.5. The van der Waals surface area contributed by atoms with E-state index in [9.17, 15) is 14.4 Å². The number of amides is 5. The number of anilines is 1. The molecule has 4 aliphatic rings. The summed E-state index contributed by atoms with van der Waals surface area (Å²) in [5.41, 5.74) is 4.49. The van der Waals surface area contributed by atoms with E-state index in [1.54, 1.807) is 4.90 Å². The Labute approximate surface area is 275 Å². The maximum atomic E-state index is 14.1. The number of nitrogens with zero attached hydrogens (tertiary/aromatic N) is 7. The number of para-hydroxylation sites is 1. The molecule has 0 saturated carbocycles. The first-order valence-corrected chi connectivity index (χ1v) is 17.1. The van der Waals surface area contributed by atoms with Crippen LogP contribution in [-0.2, 0) is 17.6 Å². The Balaban J connectivity index is 0.981. The lowest BCUT2D eigenvalue weighted by Gasteiger charge is -2.43. The fraction of sp³-hybridized carbons (Fsp3) is 0.559. The molecule has 0 aliphatic carbocycles. The summed E-state index contributed by atoms with van der Waals surface area (Å²) in [7, 11) is 2.18. The van der Waals surface area contributed by atoms with Gasteiger partial charge in [0.05, 0.1) is 5.52 Å². The Bertz CT molecular complexity index is 1570. The number of carbonyl (C=O) groups is 3. The van der Waals surface area contributed by atoms with Crippen molar-refractivity contribution in [3.8, 4) is 0 Å². The molecule has 3 saturated heterocycles. The van der Waals surface area contributed by atoms with Crippen LogP contribution in [0.3, 0.4) is 0 Å². The summed E-state index contributed by atoms with van der Waals surface area (Å²) in [5.74, 6) is -0.0442. The quantitative estimate of drug-likeness (QED) is 0.376. The summed E-state index contributed by atoms with van der Waals surface area (Å²) in [6.07, 6.45) is 4.88. The minimum absolute atomic E-state index is 0.0442. The van der Waals surface area contributed by atoms with Crippen molar-refractivity contribution >= 4 is 34.7 Å². The van der Waals surface area contributed by atoms with Gasteiger partial charge in [-0.05, 0) is 81.6 Å². The van der Waals surface area contributed by atoms with Crippen LogP contribution in [0, 0.1) is 0 Å². The van der Waals surface area contributed by atoms with Crippen LogP contribution in [0.15, 0.2) is 42.5 Å². The second kappa shape index (κ2) is 13.9. The number of nitrogens with one attached hydrogen (secondary N) is 3. The standard InChI is InChI=1S/C34H46N10O3/c1-40-13-9-26(10-14-40)41-18-20-42(21-19-41)32(45)31(23-24-6-7-29-30(22-24)38-39-37-29)36-33(46)43-15-11-27(12-16-43)44-17-8-25-4-2-3-5-28(25)35-34(44)47/h2-7,22,26-27,31H,8-21,23H2,1H3,(H,35,47)(H,36,46)(H,37,38,39). The molecule has 1 aromatic heterocycles. The van der Waals surface area contributed by atoms with E-state index in [0.29, 0.717) is 58.0 Å². The molecule has 47 heavy (non-hydrogen) atoms. The maximum absolute atomic E-state index is 14.1. The maximum Gasteiger partial charge on any atom is 0.322 e. The zero-order valence-corrected chi connectivity index (χ0v) is 27.2. The Morgan fingerprint density at radius 3 is 2.43 bits per heavy atom. The van der Waals surface area contributed by atoms with E-state index in [-0.39, 0.29) is 24.0 Å². The van der Waals surface area contributed by atoms with Crippen molar-refractivity contribution in [3.63, 3.8) is 0 Å². The third-order valence-corrected chi connectivity index (χ3v) is 10.6. The molecule has 1 atom stereocenters. The number of benzene rings is 2. The summed E-state index contributed by atoms with van der Waals surface area (Å²) in [6, 6.07) is 13.4. The van der Waals surface area contributed by atoms with E-state index < -0.39 is 6.04 Å². The van der Waals surface area contributed by atoms with E-state index in [2.05, 4.69) is 49.0 Å². The van der Waals surface area contributed by atoms with Gasteiger partial charge in [0.25, 0.3) is 0 Å². The summed E-state index contributed by atoms with van der Waals surface area (Å²) in [4.78, 5) is 51.4. The number of hydrogen-bond acceptors (Lipinski definition) is 7. The number of likely N-dealkylation sites (tertiary alicyclic amines) is 2. The van der Waals surface area contributed by atoms with Crippen molar-refractivity contribution in [2.24, 2.45) is 0 Å². The van der Waals surface area contributed by atoms with Gasteiger partial charge in [-0.2, -0.15) is 0 Å². The fourth-order valence-electron chi connectivity index (χ4n) is 7.70. The van der Waals surface area contributed by atoms with Crippen molar-refractivity contribution in [3.05, 3.63) is 53.6 Å². The summed E-state index contributed by atoms with van der Waals surface area (Å²) < 4.78 is 0. The van der Waals surface area contributed by atoms with Crippen LogP contribution in [0.4, 0.5) is 15.3 Å². The first-order valence-electron chi connectivity index (χ1n) is 17.1. The Morgan fingerprint density at radius 1 is 0.894 bits per heavy atom. The second-order valence-corrected chi connectivity index (χ2v) is 13.5. The number of piperidine rings is 2.